The highest BCUT2D eigenvalue weighted by Gasteiger charge is 2.43. The Hall–Kier alpha value is -1.36. The van der Waals surface area contributed by atoms with E-state index in [4.69, 9.17) is 10.5 Å². The number of nitrogens with one attached hydrogen (secondary N) is 1. The summed E-state index contributed by atoms with van der Waals surface area (Å²) in [5, 5.41) is 6.41. The van der Waals surface area contributed by atoms with Gasteiger partial charge in [-0.05, 0) is 6.07 Å². The van der Waals surface area contributed by atoms with Gasteiger partial charge in [0.25, 0.3) is 0 Å². The van der Waals surface area contributed by atoms with E-state index in [0.29, 0.717) is 18.7 Å². The summed E-state index contributed by atoms with van der Waals surface area (Å²) in [6, 6.07) is 1.69. The number of hydrogen-bond acceptors (Lipinski definition) is 4. The molecule has 1 saturated heterocycles. The third-order valence-electron chi connectivity index (χ3n) is 2.08. The minimum absolute atomic E-state index is 0.383. The normalized spacial score (nSPS) is 28.9. The van der Waals surface area contributed by atoms with Crippen LogP contribution in [0.15, 0.2) is 12.3 Å². The molecule has 1 aliphatic heterocycles. The molecule has 0 aromatic carbocycles. The molecule has 1 aliphatic rings. The highest BCUT2D eigenvalue weighted by molar-refractivity contribution is 5.83. The van der Waals surface area contributed by atoms with Gasteiger partial charge in [0.15, 0.2) is 5.54 Å². The highest BCUT2D eigenvalue weighted by atomic mass is 16.5. The topological polar surface area (TPSA) is 81.0 Å². The second kappa shape index (κ2) is 2.31. The van der Waals surface area contributed by atoms with Crippen LogP contribution in [0.3, 0.4) is 0 Å². The quantitative estimate of drug-likeness (QED) is 0.553. The minimum Gasteiger partial charge on any atom is -0.464 e. The lowest BCUT2D eigenvalue weighted by Gasteiger charge is -2.15. The van der Waals surface area contributed by atoms with Gasteiger partial charge in [-0.15, -0.1) is 0 Å². The molecule has 0 radical (unpaired) electrons. The molecule has 3 N–H and O–H groups in total. The lowest BCUT2D eigenvalue weighted by Crippen LogP contribution is -2.41. The van der Waals surface area contributed by atoms with Crippen molar-refractivity contribution in [3.8, 4) is 0 Å². The molecule has 12 heavy (non-hydrogen) atoms. The van der Waals surface area contributed by atoms with Crippen LogP contribution in [0.25, 0.3) is 0 Å². The van der Waals surface area contributed by atoms with Crippen molar-refractivity contribution >= 4 is 5.97 Å². The van der Waals surface area contributed by atoms with E-state index in [2.05, 4.69) is 10.2 Å². The van der Waals surface area contributed by atoms with Gasteiger partial charge in [-0.1, -0.05) is 0 Å². The van der Waals surface area contributed by atoms with E-state index in [1.54, 1.807) is 12.3 Å². The Balaban J connectivity index is 2.38. The number of carbonyl (C=O) groups is 1. The summed E-state index contributed by atoms with van der Waals surface area (Å²) in [4.78, 5) is 11.2. The van der Waals surface area contributed by atoms with Crippen molar-refractivity contribution in [3.05, 3.63) is 18.0 Å². The number of H-pyrrole nitrogens is 1. The lowest BCUT2D eigenvalue weighted by atomic mass is 9.95. The minimum atomic E-state index is -1.00. The number of cyclic esters (lactones) is 1. The third kappa shape index (κ3) is 0.831. The summed E-state index contributed by atoms with van der Waals surface area (Å²) in [7, 11) is 0. The zero-order valence-electron chi connectivity index (χ0n) is 6.41. The fourth-order valence-electron chi connectivity index (χ4n) is 1.28. The fraction of sp³-hybridized carbons (Fsp3) is 0.429. The zero-order chi connectivity index (χ0) is 8.60. The Morgan fingerprint density at radius 3 is 3.08 bits per heavy atom. The molecule has 0 saturated carbocycles. The molecule has 1 unspecified atom stereocenters. The van der Waals surface area contributed by atoms with Crippen LogP contribution in [0.1, 0.15) is 12.1 Å². The molecule has 0 bridgehead atoms. The molecule has 2 rings (SSSR count). The highest BCUT2D eigenvalue weighted by Crippen LogP contribution is 2.26. The van der Waals surface area contributed by atoms with Gasteiger partial charge in [-0.3, -0.25) is 5.10 Å². The molecule has 1 aromatic heterocycles. The van der Waals surface area contributed by atoms with Crippen molar-refractivity contribution in [1.29, 1.82) is 0 Å². The molecule has 1 aromatic rings. The first-order valence-corrected chi connectivity index (χ1v) is 3.69. The maximum Gasteiger partial charge on any atom is 0.332 e. The molecule has 1 atom stereocenters. The van der Waals surface area contributed by atoms with E-state index in [0.717, 1.165) is 0 Å². The SMILES string of the molecule is NC1(c2ccn[nH]2)CCOC1=O. The smallest absolute Gasteiger partial charge is 0.332 e. The second-order valence-electron chi connectivity index (χ2n) is 2.83. The summed E-state index contributed by atoms with van der Waals surface area (Å²) < 4.78 is 4.78. The van der Waals surface area contributed by atoms with Crippen molar-refractivity contribution in [2.24, 2.45) is 5.73 Å². The summed E-state index contributed by atoms with van der Waals surface area (Å²) in [5.74, 6) is -0.383. The van der Waals surface area contributed by atoms with E-state index >= 15 is 0 Å². The van der Waals surface area contributed by atoms with Crippen LogP contribution in [0.5, 0.6) is 0 Å². The van der Waals surface area contributed by atoms with Crippen LogP contribution in [0.2, 0.25) is 0 Å². The maximum absolute atomic E-state index is 11.2. The lowest BCUT2D eigenvalue weighted by molar-refractivity contribution is -0.142. The molecular formula is C7H9N3O2. The number of aromatic nitrogens is 2. The van der Waals surface area contributed by atoms with Crippen molar-refractivity contribution < 1.29 is 9.53 Å². The van der Waals surface area contributed by atoms with Gasteiger partial charge in [0.1, 0.15) is 0 Å². The van der Waals surface area contributed by atoms with Gasteiger partial charge >= 0.3 is 5.97 Å². The molecule has 64 valence electrons. The average molecular weight is 167 g/mol. The molecule has 0 spiro atoms. The number of carbonyl (C=O) groups excluding carboxylic acids is 1. The predicted molar refractivity (Wildman–Crippen MR) is 40.0 cm³/mol. The second-order valence-corrected chi connectivity index (χ2v) is 2.83. The summed E-state index contributed by atoms with van der Waals surface area (Å²) in [6.07, 6.45) is 2.07. The number of nitrogens with zero attached hydrogens (tertiary/aromatic N) is 1. The van der Waals surface area contributed by atoms with E-state index in [1.165, 1.54) is 0 Å². The molecule has 2 heterocycles. The van der Waals surface area contributed by atoms with Crippen molar-refractivity contribution in [2.45, 2.75) is 12.0 Å². The van der Waals surface area contributed by atoms with Crippen LogP contribution in [-0.2, 0) is 15.1 Å². The van der Waals surface area contributed by atoms with Crippen LogP contribution < -0.4 is 5.73 Å². The molecular weight excluding hydrogens is 158 g/mol. The summed E-state index contributed by atoms with van der Waals surface area (Å²) in [5.41, 5.74) is 5.43. The van der Waals surface area contributed by atoms with Crippen molar-refractivity contribution in [1.82, 2.24) is 10.2 Å². The first-order valence-electron chi connectivity index (χ1n) is 3.69. The van der Waals surface area contributed by atoms with Crippen LogP contribution in [0, 0.1) is 0 Å². The monoisotopic (exact) mass is 167 g/mol. The standard InChI is InChI=1S/C7H9N3O2/c8-7(2-4-12-6(7)11)5-1-3-9-10-5/h1,3H,2,4,8H2,(H,9,10). The van der Waals surface area contributed by atoms with E-state index < -0.39 is 5.54 Å². The van der Waals surface area contributed by atoms with E-state index in [1.807, 2.05) is 0 Å². The number of ether oxygens (including phenoxy) is 1. The van der Waals surface area contributed by atoms with E-state index in [9.17, 15) is 4.79 Å². The predicted octanol–water partition coefficient (Wildman–Crippen LogP) is -0.489. The van der Waals surface area contributed by atoms with E-state index in [-0.39, 0.29) is 5.97 Å². The molecule has 5 nitrogen and oxygen atoms in total. The Bertz CT molecular complexity index is 296. The number of nitrogens with two attached hydrogens (primary N) is 1. The Morgan fingerprint density at radius 2 is 2.58 bits per heavy atom. The van der Waals surface area contributed by atoms with Gasteiger partial charge in [-0.2, -0.15) is 5.10 Å². The molecule has 0 amide bonds. The zero-order valence-corrected chi connectivity index (χ0v) is 6.41. The number of hydrogen-bond donors (Lipinski definition) is 2. The first-order chi connectivity index (χ1) is 5.73. The van der Waals surface area contributed by atoms with Gasteiger partial charge in [-0.25, -0.2) is 4.79 Å². The van der Waals surface area contributed by atoms with Gasteiger partial charge in [0.2, 0.25) is 0 Å². The Kier molecular flexibility index (Phi) is 1.41. The van der Waals surface area contributed by atoms with Crippen LogP contribution in [-0.4, -0.2) is 22.8 Å². The van der Waals surface area contributed by atoms with Crippen LogP contribution >= 0.6 is 0 Å². The molecule has 1 fully saturated rings. The Labute approximate surface area is 68.9 Å². The maximum atomic E-state index is 11.2. The van der Waals surface area contributed by atoms with Crippen LogP contribution in [0.4, 0.5) is 0 Å². The summed E-state index contributed by atoms with van der Waals surface area (Å²) >= 11 is 0. The summed E-state index contributed by atoms with van der Waals surface area (Å²) in [6.45, 7) is 0.383. The number of rotatable bonds is 1. The molecule has 0 aliphatic carbocycles. The first kappa shape index (κ1) is 7.30. The third-order valence-corrected chi connectivity index (χ3v) is 2.08. The molecule has 5 heteroatoms. The van der Waals surface area contributed by atoms with Crippen molar-refractivity contribution in [2.75, 3.05) is 6.61 Å². The van der Waals surface area contributed by atoms with Gasteiger partial charge in [0.05, 0.1) is 12.3 Å². The van der Waals surface area contributed by atoms with Crippen molar-refractivity contribution in [3.63, 3.8) is 0 Å². The Morgan fingerprint density at radius 1 is 1.75 bits per heavy atom. The van der Waals surface area contributed by atoms with Gasteiger partial charge in [0, 0.05) is 12.6 Å². The fourth-order valence-corrected chi connectivity index (χ4v) is 1.28. The number of esters is 1. The average Bonchev–Trinajstić information content (AvgIpc) is 2.62. The number of aromatic amines is 1. The van der Waals surface area contributed by atoms with Gasteiger partial charge < -0.3 is 10.5 Å². The largest absolute Gasteiger partial charge is 0.464 e.